The highest BCUT2D eigenvalue weighted by Gasteiger charge is 2.33. The summed E-state index contributed by atoms with van der Waals surface area (Å²) in [5.74, 6) is -2.55. The second-order valence-electron chi connectivity index (χ2n) is 3.58. The Morgan fingerprint density at radius 3 is 2.44 bits per heavy atom. The molecule has 5 nitrogen and oxygen atoms in total. The van der Waals surface area contributed by atoms with Crippen LogP contribution in [-0.4, -0.2) is 22.8 Å². The lowest BCUT2D eigenvalue weighted by Crippen LogP contribution is -2.32. The average molecular weight is 316 g/mol. The van der Waals surface area contributed by atoms with Crippen LogP contribution in [0.3, 0.4) is 0 Å². The van der Waals surface area contributed by atoms with E-state index in [1.807, 2.05) is 0 Å². The molecule has 1 aliphatic heterocycles. The number of carbonyl (C=O) groups is 3. The molecule has 0 N–H and O–H groups in total. The molecule has 0 atom stereocenters. The molecule has 0 spiro atoms. The quantitative estimate of drug-likeness (QED) is 0.781. The third-order valence-electron chi connectivity index (χ3n) is 2.33. The zero-order valence-electron chi connectivity index (χ0n) is 8.98. The lowest BCUT2D eigenvalue weighted by molar-refractivity contribution is -0.172. The van der Waals surface area contributed by atoms with Crippen molar-refractivity contribution in [1.29, 1.82) is 0 Å². The maximum Gasteiger partial charge on any atom is 0.365 e. The Labute approximate surface area is 110 Å². The molecular weight excluding hydrogens is 309 g/mol. The van der Waals surface area contributed by atoms with Crippen LogP contribution in [0.15, 0.2) is 22.7 Å². The third-order valence-corrected chi connectivity index (χ3v) is 2.99. The van der Waals surface area contributed by atoms with E-state index in [9.17, 15) is 18.8 Å². The smallest absolute Gasteiger partial charge is 0.325 e. The van der Waals surface area contributed by atoms with E-state index in [1.165, 1.54) is 6.07 Å². The van der Waals surface area contributed by atoms with Crippen molar-refractivity contribution in [3.8, 4) is 0 Å². The highest BCUT2D eigenvalue weighted by molar-refractivity contribution is 9.10. The second kappa shape index (κ2) is 4.85. The van der Waals surface area contributed by atoms with Crippen LogP contribution in [0.5, 0.6) is 0 Å². The molecule has 0 aromatic heterocycles. The lowest BCUT2D eigenvalue weighted by Gasteiger charge is -2.13. The number of hydrogen-bond acceptors (Lipinski definition) is 4. The normalized spacial score (nSPS) is 15.1. The van der Waals surface area contributed by atoms with Gasteiger partial charge in [0.25, 0.3) is 11.8 Å². The minimum absolute atomic E-state index is 0.0245. The Bertz CT molecular complexity index is 530. The molecule has 0 bridgehead atoms. The van der Waals surface area contributed by atoms with Gasteiger partial charge < -0.3 is 4.84 Å². The molecule has 2 amide bonds. The molecule has 1 heterocycles. The topological polar surface area (TPSA) is 63.7 Å². The molecule has 94 valence electrons. The fourth-order valence-corrected chi connectivity index (χ4v) is 1.96. The number of halogens is 2. The maximum absolute atomic E-state index is 12.8. The first-order valence-electron chi connectivity index (χ1n) is 5.02. The van der Waals surface area contributed by atoms with E-state index in [0.717, 1.165) is 12.1 Å². The summed E-state index contributed by atoms with van der Waals surface area (Å²) in [6.07, 6.45) is 0.0490. The minimum Gasteiger partial charge on any atom is -0.325 e. The van der Waals surface area contributed by atoms with Crippen LogP contribution in [0.25, 0.3) is 0 Å². The van der Waals surface area contributed by atoms with Crippen LogP contribution in [0, 0.1) is 5.82 Å². The molecular formula is C11H7BrFNO4. The number of nitrogens with zero attached hydrogens (tertiary/aromatic N) is 1. The largest absolute Gasteiger partial charge is 0.365 e. The summed E-state index contributed by atoms with van der Waals surface area (Å²) in [5.41, 5.74) is 0.0314. The van der Waals surface area contributed by atoms with Crippen LogP contribution in [0.2, 0.25) is 0 Å². The molecule has 1 saturated heterocycles. The average Bonchev–Trinajstić information content (AvgIpc) is 2.60. The Balaban J connectivity index is 2.17. The van der Waals surface area contributed by atoms with Crippen molar-refractivity contribution in [2.24, 2.45) is 0 Å². The Hall–Kier alpha value is -1.76. The van der Waals surface area contributed by atoms with Gasteiger partial charge >= 0.3 is 5.97 Å². The maximum atomic E-state index is 12.8. The highest BCUT2D eigenvalue weighted by Crippen LogP contribution is 2.21. The first-order valence-corrected chi connectivity index (χ1v) is 5.81. The molecule has 1 aliphatic rings. The van der Waals surface area contributed by atoms with Crippen molar-refractivity contribution in [2.75, 3.05) is 0 Å². The Kier molecular flexibility index (Phi) is 3.42. The fourth-order valence-electron chi connectivity index (χ4n) is 1.44. The van der Waals surface area contributed by atoms with Gasteiger partial charge in [-0.3, -0.25) is 9.59 Å². The van der Waals surface area contributed by atoms with Crippen molar-refractivity contribution in [3.63, 3.8) is 0 Å². The second-order valence-corrected chi connectivity index (χ2v) is 4.44. The first kappa shape index (κ1) is 12.7. The van der Waals surface area contributed by atoms with Gasteiger partial charge in [0.05, 0.1) is 5.56 Å². The summed E-state index contributed by atoms with van der Waals surface area (Å²) >= 11 is 3.00. The van der Waals surface area contributed by atoms with Crippen molar-refractivity contribution in [2.45, 2.75) is 12.8 Å². The number of hydroxylamine groups is 2. The molecule has 0 saturated carbocycles. The zero-order chi connectivity index (χ0) is 13.3. The van der Waals surface area contributed by atoms with Gasteiger partial charge in [0.1, 0.15) is 5.82 Å². The standard InChI is InChI=1S/C11H7BrFNO4/c12-8-5-6(13)1-2-7(8)11(17)18-14-9(15)3-4-10(14)16/h1-2,5H,3-4H2. The number of imide groups is 1. The van der Waals surface area contributed by atoms with E-state index in [0.29, 0.717) is 5.06 Å². The third kappa shape index (κ3) is 2.40. The molecule has 1 aromatic carbocycles. The van der Waals surface area contributed by atoms with Crippen molar-refractivity contribution in [3.05, 3.63) is 34.1 Å². The van der Waals surface area contributed by atoms with E-state index < -0.39 is 23.6 Å². The summed E-state index contributed by atoms with van der Waals surface area (Å²) in [4.78, 5) is 38.9. The van der Waals surface area contributed by atoms with Gasteiger partial charge in [-0.2, -0.15) is 0 Å². The fraction of sp³-hybridized carbons (Fsp3) is 0.182. The minimum atomic E-state index is -0.898. The van der Waals surface area contributed by atoms with Gasteiger partial charge in [0, 0.05) is 17.3 Å². The van der Waals surface area contributed by atoms with Crippen molar-refractivity contribution < 1.29 is 23.6 Å². The van der Waals surface area contributed by atoms with Gasteiger partial charge in [-0.25, -0.2) is 9.18 Å². The predicted molar refractivity (Wildman–Crippen MR) is 60.6 cm³/mol. The molecule has 0 unspecified atom stereocenters. The van der Waals surface area contributed by atoms with Crippen LogP contribution in [-0.2, 0) is 14.4 Å². The number of rotatable bonds is 2. The van der Waals surface area contributed by atoms with Crippen molar-refractivity contribution in [1.82, 2.24) is 5.06 Å². The molecule has 1 fully saturated rings. The van der Waals surface area contributed by atoms with E-state index in [4.69, 9.17) is 0 Å². The monoisotopic (exact) mass is 315 g/mol. The number of carbonyl (C=O) groups excluding carboxylic acids is 3. The van der Waals surface area contributed by atoms with Crippen LogP contribution < -0.4 is 0 Å². The number of amides is 2. The SMILES string of the molecule is O=C(ON1C(=O)CCC1=O)c1ccc(F)cc1Br. The Morgan fingerprint density at radius 2 is 1.89 bits per heavy atom. The molecule has 18 heavy (non-hydrogen) atoms. The molecule has 2 rings (SSSR count). The first-order chi connectivity index (χ1) is 8.49. The molecule has 7 heteroatoms. The molecule has 1 aromatic rings. The van der Waals surface area contributed by atoms with E-state index in [1.54, 1.807) is 0 Å². The van der Waals surface area contributed by atoms with Crippen LogP contribution in [0.4, 0.5) is 4.39 Å². The van der Waals surface area contributed by atoms with Crippen LogP contribution in [0.1, 0.15) is 23.2 Å². The van der Waals surface area contributed by atoms with E-state index in [2.05, 4.69) is 20.8 Å². The van der Waals surface area contributed by atoms with Gasteiger partial charge in [-0.1, -0.05) is 0 Å². The zero-order valence-corrected chi connectivity index (χ0v) is 10.6. The van der Waals surface area contributed by atoms with Gasteiger partial charge in [0.2, 0.25) is 0 Å². The number of hydrogen-bond donors (Lipinski definition) is 0. The van der Waals surface area contributed by atoms with Crippen molar-refractivity contribution >= 4 is 33.7 Å². The lowest BCUT2D eigenvalue weighted by atomic mass is 10.2. The Morgan fingerprint density at radius 1 is 1.28 bits per heavy atom. The van der Waals surface area contributed by atoms with Crippen LogP contribution >= 0.6 is 15.9 Å². The summed E-state index contributed by atoms with van der Waals surface area (Å²) in [6.45, 7) is 0. The van der Waals surface area contributed by atoms with Gasteiger partial charge in [0.15, 0.2) is 0 Å². The summed E-state index contributed by atoms with van der Waals surface area (Å²) in [5, 5.41) is 0.443. The van der Waals surface area contributed by atoms with Gasteiger partial charge in [-0.05, 0) is 34.1 Å². The summed E-state index contributed by atoms with van der Waals surface area (Å²) < 4.78 is 13.0. The highest BCUT2D eigenvalue weighted by atomic mass is 79.9. The van der Waals surface area contributed by atoms with Gasteiger partial charge in [-0.15, -0.1) is 5.06 Å². The number of benzene rings is 1. The molecule has 0 aliphatic carbocycles. The summed E-state index contributed by atoms with van der Waals surface area (Å²) in [7, 11) is 0. The van der Waals surface area contributed by atoms with E-state index in [-0.39, 0.29) is 22.9 Å². The predicted octanol–water partition coefficient (Wildman–Crippen LogP) is 1.81. The molecule has 0 radical (unpaired) electrons. The summed E-state index contributed by atoms with van der Waals surface area (Å²) in [6, 6.07) is 3.37. The van der Waals surface area contributed by atoms with E-state index >= 15 is 0 Å².